The largest absolute Gasteiger partial charge is 0.271 e. The molecule has 1 fully saturated rings. The minimum atomic E-state index is -0.171. The summed E-state index contributed by atoms with van der Waals surface area (Å²) in [7, 11) is 0. The van der Waals surface area contributed by atoms with Gasteiger partial charge in [-0.3, -0.25) is 9.78 Å². The zero-order valence-corrected chi connectivity index (χ0v) is 10.9. The van der Waals surface area contributed by atoms with Gasteiger partial charge in [-0.25, -0.2) is 5.43 Å². The van der Waals surface area contributed by atoms with Gasteiger partial charge in [0.05, 0.1) is 0 Å². The normalized spacial score (nSPS) is 26.0. The van der Waals surface area contributed by atoms with Crippen LogP contribution in [0.1, 0.15) is 43.5 Å². The number of amides is 1. The highest BCUT2D eigenvalue weighted by atomic mass is 16.2. The van der Waals surface area contributed by atoms with Crippen molar-refractivity contribution in [2.24, 2.45) is 16.9 Å². The number of carbonyl (C=O) groups excluding carboxylic acids is 1. The van der Waals surface area contributed by atoms with Crippen LogP contribution in [-0.4, -0.2) is 16.6 Å². The topological polar surface area (TPSA) is 54.4 Å². The van der Waals surface area contributed by atoms with Crippen molar-refractivity contribution in [2.75, 3.05) is 0 Å². The SMILES string of the molecule is C[C@@H]1CC/C(=N\NC(=O)c2ccncc2)[C@@H](C)C1. The first-order valence-corrected chi connectivity index (χ1v) is 6.43. The van der Waals surface area contributed by atoms with Gasteiger partial charge in [-0.2, -0.15) is 5.10 Å². The smallest absolute Gasteiger partial charge is 0.267 e. The fourth-order valence-electron chi connectivity index (χ4n) is 2.35. The molecule has 1 saturated carbocycles. The van der Waals surface area contributed by atoms with E-state index in [9.17, 15) is 4.79 Å². The number of carbonyl (C=O) groups is 1. The number of hydrazone groups is 1. The second kappa shape index (κ2) is 5.76. The summed E-state index contributed by atoms with van der Waals surface area (Å²) < 4.78 is 0. The van der Waals surface area contributed by atoms with Crippen molar-refractivity contribution in [2.45, 2.75) is 33.1 Å². The summed E-state index contributed by atoms with van der Waals surface area (Å²) in [5.74, 6) is 1.05. The fourth-order valence-corrected chi connectivity index (χ4v) is 2.35. The van der Waals surface area contributed by atoms with E-state index >= 15 is 0 Å². The van der Waals surface area contributed by atoms with E-state index in [1.165, 1.54) is 0 Å². The molecule has 4 nitrogen and oxygen atoms in total. The molecule has 1 heterocycles. The number of aromatic nitrogens is 1. The van der Waals surface area contributed by atoms with Crippen molar-refractivity contribution < 1.29 is 4.79 Å². The van der Waals surface area contributed by atoms with Crippen molar-refractivity contribution in [1.82, 2.24) is 10.4 Å². The number of nitrogens with one attached hydrogen (secondary N) is 1. The molecule has 0 unspecified atom stereocenters. The molecule has 0 aromatic carbocycles. The molecule has 1 aliphatic rings. The molecule has 0 radical (unpaired) electrons. The van der Waals surface area contributed by atoms with E-state index in [2.05, 4.69) is 29.4 Å². The lowest BCUT2D eigenvalue weighted by molar-refractivity contribution is 0.0954. The molecular formula is C14H19N3O. The molecule has 2 rings (SSSR count). The van der Waals surface area contributed by atoms with Crippen LogP contribution >= 0.6 is 0 Å². The third kappa shape index (κ3) is 3.15. The quantitative estimate of drug-likeness (QED) is 0.814. The van der Waals surface area contributed by atoms with Crippen LogP contribution in [-0.2, 0) is 0 Å². The van der Waals surface area contributed by atoms with Gasteiger partial charge in [0.25, 0.3) is 5.91 Å². The first-order chi connectivity index (χ1) is 8.66. The summed E-state index contributed by atoms with van der Waals surface area (Å²) in [6.45, 7) is 4.44. The van der Waals surface area contributed by atoms with Crippen molar-refractivity contribution in [3.8, 4) is 0 Å². The lowest BCUT2D eigenvalue weighted by Gasteiger charge is -2.25. The van der Waals surface area contributed by atoms with E-state index in [4.69, 9.17) is 0 Å². The Balaban J connectivity index is 1.97. The minimum Gasteiger partial charge on any atom is -0.267 e. The third-order valence-electron chi connectivity index (χ3n) is 3.46. The zero-order chi connectivity index (χ0) is 13.0. The number of hydrogen-bond acceptors (Lipinski definition) is 3. The van der Waals surface area contributed by atoms with Crippen molar-refractivity contribution >= 4 is 11.6 Å². The molecule has 1 N–H and O–H groups in total. The summed E-state index contributed by atoms with van der Waals surface area (Å²) in [6.07, 6.45) is 6.51. The van der Waals surface area contributed by atoms with Gasteiger partial charge in [0, 0.05) is 23.7 Å². The van der Waals surface area contributed by atoms with Gasteiger partial charge in [-0.05, 0) is 43.2 Å². The van der Waals surface area contributed by atoms with E-state index in [0.29, 0.717) is 11.5 Å². The van der Waals surface area contributed by atoms with E-state index in [0.717, 1.165) is 30.9 Å². The molecule has 96 valence electrons. The average Bonchev–Trinajstić information content (AvgIpc) is 2.38. The Kier molecular flexibility index (Phi) is 4.07. The van der Waals surface area contributed by atoms with Crippen LogP contribution in [0.3, 0.4) is 0 Å². The van der Waals surface area contributed by atoms with Gasteiger partial charge in [0.15, 0.2) is 0 Å². The molecule has 1 aromatic heterocycles. The summed E-state index contributed by atoms with van der Waals surface area (Å²) >= 11 is 0. The average molecular weight is 245 g/mol. The highest BCUT2D eigenvalue weighted by Crippen LogP contribution is 2.26. The highest BCUT2D eigenvalue weighted by Gasteiger charge is 2.21. The van der Waals surface area contributed by atoms with Crippen LogP contribution in [0.2, 0.25) is 0 Å². The Hall–Kier alpha value is -1.71. The predicted molar refractivity (Wildman–Crippen MR) is 71.3 cm³/mol. The van der Waals surface area contributed by atoms with Crippen LogP contribution in [0.5, 0.6) is 0 Å². The van der Waals surface area contributed by atoms with Crippen LogP contribution in [0.15, 0.2) is 29.6 Å². The van der Waals surface area contributed by atoms with E-state index in [-0.39, 0.29) is 5.91 Å². The third-order valence-corrected chi connectivity index (χ3v) is 3.46. The Bertz CT molecular complexity index is 442. The Morgan fingerprint density at radius 3 is 2.78 bits per heavy atom. The first-order valence-electron chi connectivity index (χ1n) is 6.43. The summed E-state index contributed by atoms with van der Waals surface area (Å²) in [6, 6.07) is 3.36. The van der Waals surface area contributed by atoms with Gasteiger partial charge >= 0.3 is 0 Å². The lowest BCUT2D eigenvalue weighted by Crippen LogP contribution is -2.26. The van der Waals surface area contributed by atoms with E-state index in [1.807, 2.05) is 0 Å². The molecule has 0 bridgehead atoms. The fraction of sp³-hybridized carbons (Fsp3) is 0.500. The maximum absolute atomic E-state index is 11.8. The summed E-state index contributed by atoms with van der Waals surface area (Å²) in [5, 5.41) is 4.27. The second-order valence-corrected chi connectivity index (χ2v) is 5.06. The number of pyridine rings is 1. The summed E-state index contributed by atoms with van der Waals surface area (Å²) in [5.41, 5.74) is 4.33. The van der Waals surface area contributed by atoms with Crippen molar-refractivity contribution in [3.05, 3.63) is 30.1 Å². The molecule has 18 heavy (non-hydrogen) atoms. The van der Waals surface area contributed by atoms with Gasteiger partial charge in [-0.15, -0.1) is 0 Å². The van der Waals surface area contributed by atoms with E-state index in [1.54, 1.807) is 24.5 Å². The first kappa shape index (κ1) is 12.7. The molecule has 2 atom stereocenters. The number of hydrogen-bond donors (Lipinski definition) is 1. The Labute approximate surface area is 108 Å². The Morgan fingerprint density at radius 2 is 2.11 bits per heavy atom. The summed E-state index contributed by atoms with van der Waals surface area (Å²) in [4.78, 5) is 15.7. The molecule has 0 saturated heterocycles. The standard InChI is InChI=1S/C14H19N3O/c1-10-3-4-13(11(2)9-10)16-17-14(18)12-5-7-15-8-6-12/h5-8,10-11H,3-4,9H2,1-2H3,(H,17,18)/b16-13+/t10-,11+/m1/s1. The highest BCUT2D eigenvalue weighted by molar-refractivity contribution is 5.95. The van der Waals surface area contributed by atoms with Crippen LogP contribution < -0.4 is 5.43 Å². The minimum absolute atomic E-state index is 0.171. The van der Waals surface area contributed by atoms with Crippen LogP contribution in [0.4, 0.5) is 0 Å². The molecular weight excluding hydrogens is 226 g/mol. The molecule has 1 aliphatic carbocycles. The predicted octanol–water partition coefficient (Wildman–Crippen LogP) is 2.62. The van der Waals surface area contributed by atoms with Crippen molar-refractivity contribution in [3.63, 3.8) is 0 Å². The molecule has 0 spiro atoms. The van der Waals surface area contributed by atoms with Gasteiger partial charge in [0.1, 0.15) is 0 Å². The van der Waals surface area contributed by atoms with Crippen LogP contribution in [0.25, 0.3) is 0 Å². The second-order valence-electron chi connectivity index (χ2n) is 5.06. The van der Waals surface area contributed by atoms with Crippen LogP contribution in [0, 0.1) is 11.8 Å². The molecule has 1 amide bonds. The lowest BCUT2D eigenvalue weighted by atomic mass is 9.82. The Morgan fingerprint density at radius 1 is 1.39 bits per heavy atom. The molecule has 0 aliphatic heterocycles. The van der Waals surface area contributed by atoms with E-state index < -0.39 is 0 Å². The number of rotatable bonds is 2. The number of nitrogens with zero attached hydrogens (tertiary/aromatic N) is 2. The van der Waals surface area contributed by atoms with Gasteiger partial charge in [0.2, 0.25) is 0 Å². The maximum atomic E-state index is 11.8. The zero-order valence-electron chi connectivity index (χ0n) is 10.9. The maximum Gasteiger partial charge on any atom is 0.271 e. The molecule has 1 aromatic rings. The van der Waals surface area contributed by atoms with Gasteiger partial charge in [-0.1, -0.05) is 13.8 Å². The van der Waals surface area contributed by atoms with Gasteiger partial charge < -0.3 is 0 Å². The van der Waals surface area contributed by atoms with Crippen molar-refractivity contribution in [1.29, 1.82) is 0 Å². The molecule has 4 heteroatoms. The monoisotopic (exact) mass is 245 g/mol.